The Bertz CT molecular complexity index is 902. The molecule has 29 heavy (non-hydrogen) atoms. The second kappa shape index (κ2) is 9.61. The Morgan fingerprint density at radius 1 is 1.24 bits per heavy atom. The fourth-order valence-electron chi connectivity index (χ4n) is 3.66. The lowest BCUT2D eigenvalue weighted by Crippen LogP contribution is -2.42. The topological polar surface area (TPSA) is 58.1 Å². The zero-order valence-electron chi connectivity index (χ0n) is 16.6. The molecule has 3 aromatic heterocycles. The Labute approximate surface area is 179 Å². The molecule has 4 heterocycles. The molecule has 1 amide bonds. The maximum Gasteiger partial charge on any atom is 0.226 e. The Kier molecular flexibility index (Phi) is 6.69. The fraction of sp³-hybridized carbons (Fsp3) is 0.409. The highest BCUT2D eigenvalue weighted by Crippen LogP contribution is 2.29. The summed E-state index contributed by atoms with van der Waals surface area (Å²) < 4.78 is 0. The molecule has 0 unspecified atom stereocenters. The third-order valence-electron chi connectivity index (χ3n) is 5.40. The van der Waals surface area contributed by atoms with Crippen LogP contribution in [0.2, 0.25) is 0 Å². The number of carbonyl (C=O) groups is 1. The average Bonchev–Trinajstić information content (AvgIpc) is 3.43. The van der Waals surface area contributed by atoms with Crippen LogP contribution in [-0.4, -0.2) is 40.4 Å². The summed E-state index contributed by atoms with van der Waals surface area (Å²) >= 11 is 3.30. The minimum Gasteiger partial charge on any atom is -0.354 e. The number of aromatic nitrogens is 2. The highest BCUT2D eigenvalue weighted by Gasteiger charge is 2.25. The van der Waals surface area contributed by atoms with Gasteiger partial charge < -0.3 is 5.32 Å². The maximum atomic E-state index is 12.6. The van der Waals surface area contributed by atoms with Crippen LogP contribution in [0.25, 0.3) is 10.7 Å². The lowest BCUT2D eigenvalue weighted by atomic mass is 9.97. The summed E-state index contributed by atoms with van der Waals surface area (Å²) in [6, 6.07) is 10.3. The number of hydrogen-bond donors (Lipinski definition) is 1. The molecule has 3 aromatic rings. The molecule has 0 saturated carbocycles. The number of likely N-dealkylation sites (tertiary alicyclic amines) is 1. The monoisotopic (exact) mass is 426 g/mol. The van der Waals surface area contributed by atoms with Crippen LogP contribution in [0.15, 0.2) is 47.3 Å². The minimum absolute atomic E-state index is 0.0230. The number of nitrogens with zero attached hydrogens (tertiary/aromatic N) is 3. The number of rotatable bonds is 7. The fourth-order valence-corrected chi connectivity index (χ4v) is 5.32. The first kappa shape index (κ1) is 20.2. The molecule has 1 fully saturated rings. The van der Waals surface area contributed by atoms with Gasteiger partial charge in [-0.05, 0) is 55.4 Å². The van der Waals surface area contributed by atoms with Gasteiger partial charge >= 0.3 is 0 Å². The molecule has 7 heteroatoms. The van der Waals surface area contributed by atoms with Crippen LogP contribution in [0, 0.1) is 5.92 Å². The summed E-state index contributed by atoms with van der Waals surface area (Å²) in [6.45, 7) is 5.16. The molecule has 0 aromatic carbocycles. The van der Waals surface area contributed by atoms with Crippen LogP contribution in [0.1, 0.15) is 36.4 Å². The second-order valence-electron chi connectivity index (χ2n) is 7.59. The molecule has 1 atom stereocenters. The number of thiazole rings is 1. The maximum absolute atomic E-state index is 12.6. The van der Waals surface area contributed by atoms with Crippen LogP contribution in [0.4, 0.5) is 0 Å². The standard InChI is InChI=1S/C22H26N4OS2/c1-16-7-10-26(11-8-16)19(20-6-4-12-28-20)14-24-21(27)13-17-15-29-22(25-17)18-5-2-3-9-23-18/h2-6,9,12,15-16,19H,7-8,10-11,13-14H2,1H3,(H,24,27)/t19-/m0/s1. The van der Waals surface area contributed by atoms with Gasteiger partial charge in [0.15, 0.2) is 0 Å². The largest absolute Gasteiger partial charge is 0.354 e. The van der Waals surface area contributed by atoms with Gasteiger partial charge in [-0.1, -0.05) is 19.1 Å². The molecule has 4 rings (SSSR count). The van der Waals surface area contributed by atoms with Gasteiger partial charge in [0.1, 0.15) is 5.01 Å². The molecule has 0 radical (unpaired) electrons. The third kappa shape index (κ3) is 5.29. The van der Waals surface area contributed by atoms with E-state index < -0.39 is 0 Å². The van der Waals surface area contributed by atoms with Gasteiger partial charge in [0.05, 0.1) is 23.9 Å². The van der Waals surface area contributed by atoms with Gasteiger partial charge in [-0.2, -0.15) is 0 Å². The Balaban J connectivity index is 1.35. The number of pyridine rings is 1. The smallest absolute Gasteiger partial charge is 0.226 e. The highest BCUT2D eigenvalue weighted by molar-refractivity contribution is 7.13. The van der Waals surface area contributed by atoms with Crippen molar-refractivity contribution in [1.29, 1.82) is 0 Å². The Hall–Kier alpha value is -2.09. The van der Waals surface area contributed by atoms with Crippen LogP contribution in [0.5, 0.6) is 0 Å². The highest BCUT2D eigenvalue weighted by atomic mass is 32.1. The van der Waals surface area contributed by atoms with Crippen molar-refractivity contribution in [3.63, 3.8) is 0 Å². The summed E-state index contributed by atoms with van der Waals surface area (Å²) in [5.74, 6) is 0.817. The molecule has 1 aliphatic heterocycles. The van der Waals surface area contributed by atoms with E-state index in [1.165, 1.54) is 29.1 Å². The van der Waals surface area contributed by atoms with Crippen molar-refractivity contribution in [3.05, 3.63) is 57.9 Å². The average molecular weight is 427 g/mol. The van der Waals surface area contributed by atoms with Gasteiger partial charge in [0.25, 0.3) is 0 Å². The number of hydrogen-bond acceptors (Lipinski definition) is 6. The molecule has 5 nitrogen and oxygen atoms in total. The minimum atomic E-state index is 0.0230. The summed E-state index contributed by atoms with van der Waals surface area (Å²) in [7, 11) is 0. The Morgan fingerprint density at radius 2 is 2.10 bits per heavy atom. The van der Waals surface area contributed by atoms with E-state index in [-0.39, 0.29) is 11.9 Å². The second-order valence-corrected chi connectivity index (χ2v) is 9.43. The van der Waals surface area contributed by atoms with Crippen LogP contribution >= 0.6 is 22.7 Å². The van der Waals surface area contributed by atoms with E-state index in [0.717, 1.165) is 35.4 Å². The van der Waals surface area contributed by atoms with Crippen LogP contribution in [0.3, 0.4) is 0 Å². The van der Waals surface area contributed by atoms with Crippen molar-refractivity contribution >= 4 is 28.6 Å². The first-order valence-electron chi connectivity index (χ1n) is 10.1. The summed E-state index contributed by atoms with van der Waals surface area (Å²) in [5.41, 5.74) is 1.65. The van der Waals surface area contributed by atoms with E-state index in [1.807, 2.05) is 23.6 Å². The molecule has 1 saturated heterocycles. The van der Waals surface area contributed by atoms with E-state index >= 15 is 0 Å². The number of thiophene rings is 1. The number of carbonyl (C=O) groups excluding carboxylic acids is 1. The predicted molar refractivity (Wildman–Crippen MR) is 119 cm³/mol. The molecule has 152 valence electrons. The SMILES string of the molecule is CC1CCN([C@@H](CNC(=O)Cc2csc(-c3ccccn3)n2)c2cccs2)CC1. The zero-order chi connectivity index (χ0) is 20.1. The first-order valence-corrected chi connectivity index (χ1v) is 11.8. The number of amides is 1. The van der Waals surface area contributed by atoms with E-state index in [1.54, 1.807) is 17.5 Å². The van der Waals surface area contributed by atoms with Crippen LogP contribution in [-0.2, 0) is 11.2 Å². The van der Waals surface area contributed by atoms with Gasteiger partial charge in [0.2, 0.25) is 5.91 Å². The van der Waals surface area contributed by atoms with Crippen molar-refractivity contribution in [2.45, 2.75) is 32.2 Å². The third-order valence-corrected chi connectivity index (χ3v) is 7.29. The molecule has 1 N–H and O–H groups in total. The molecule has 1 aliphatic rings. The van der Waals surface area contributed by atoms with Gasteiger partial charge in [-0.15, -0.1) is 22.7 Å². The van der Waals surface area contributed by atoms with Gasteiger partial charge in [0, 0.05) is 23.0 Å². The Morgan fingerprint density at radius 3 is 2.83 bits per heavy atom. The van der Waals surface area contributed by atoms with E-state index in [4.69, 9.17) is 0 Å². The molecule has 0 spiro atoms. The van der Waals surface area contributed by atoms with E-state index in [2.05, 4.69) is 44.6 Å². The van der Waals surface area contributed by atoms with Gasteiger partial charge in [-0.25, -0.2) is 4.98 Å². The normalized spacial score (nSPS) is 16.6. The van der Waals surface area contributed by atoms with E-state index in [9.17, 15) is 4.79 Å². The summed E-state index contributed by atoms with van der Waals surface area (Å²) in [6.07, 6.45) is 4.52. The van der Waals surface area contributed by atoms with Crippen molar-refractivity contribution < 1.29 is 4.79 Å². The van der Waals surface area contributed by atoms with Gasteiger partial charge in [-0.3, -0.25) is 14.7 Å². The molecular weight excluding hydrogens is 400 g/mol. The van der Waals surface area contributed by atoms with Crippen molar-refractivity contribution in [2.24, 2.45) is 5.92 Å². The van der Waals surface area contributed by atoms with Crippen molar-refractivity contribution in [3.8, 4) is 10.7 Å². The van der Waals surface area contributed by atoms with Crippen molar-refractivity contribution in [1.82, 2.24) is 20.2 Å². The lowest BCUT2D eigenvalue weighted by molar-refractivity contribution is -0.120. The lowest BCUT2D eigenvalue weighted by Gasteiger charge is -2.36. The van der Waals surface area contributed by atoms with Crippen LogP contribution < -0.4 is 5.32 Å². The molecule has 0 aliphatic carbocycles. The number of piperidine rings is 1. The summed E-state index contributed by atoms with van der Waals surface area (Å²) in [4.78, 5) is 25.3. The van der Waals surface area contributed by atoms with E-state index in [0.29, 0.717) is 13.0 Å². The predicted octanol–water partition coefficient (Wildman–Crippen LogP) is 4.40. The molecule has 0 bridgehead atoms. The first-order chi connectivity index (χ1) is 14.2. The molecular formula is C22H26N4OS2. The zero-order valence-corrected chi connectivity index (χ0v) is 18.2. The number of nitrogens with one attached hydrogen (secondary N) is 1. The van der Waals surface area contributed by atoms with Crippen molar-refractivity contribution in [2.75, 3.05) is 19.6 Å². The summed E-state index contributed by atoms with van der Waals surface area (Å²) in [5, 5.41) is 8.07. The quantitative estimate of drug-likeness (QED) is 0.608.